The van der Waals surface area contributed by atoms with Crippen molar-refractivity contribution >= 4 is 16.9 Å². The largest absolute Gasteiger partial charge is 0.494 e. The van der Waals surface area contributed by atoms with Crippen LogP contribution in [0, 0.1) is 0 Å². The minimum Gasteiger partial charge on any atom is -0.494 e. The highest BCUT2D eigenvalue weighted by atomic mass is 16.3. The fraction of sp³-hybridized carbons (Fsp3) is 0.174. The molecule has 6 heteroatoms. The molecule has 2 aliphatic rings. The molecule has 0 radical (unpaired) electrons. The first-order chi connectivity index (χ1) is 14.1. The summed E-state index contributed by atoms with van der Waals surface area (Å²) in [7, 11) is 0. The Labute approximate surface area is 168 Å². The summed E-state index contributed by atoms with van der Waals surface area (Å²) in [5.41, 5.74) is 5.26. The number of amides is 2. The first-order valence-electron chi connectivity index (χ1n) is 9.71. The summed E-state index contributed by atoms with van der Waals surface area (Å²) >= 11 is 0. The monoisotopic (exact) mass is 386 g/mol. The van der Waals surface area contributed by atoms with Crippen LogP contribution in [0.5, 0.6) is 0 Å². The topological polar surface area (TPSA) is 80.4 Å². The molecule has 0 saturated heterocycles. The summed E-state index contributed by atoms with van der Waals surface area (Å²) in [6, 6.07) is 17.1. The number of hydrogen-bond donors (Lipinski definition) is 4. The van der Waals surface area contributed by atoms with Gasteiger partial charge in [0.2, 0.25) is 5.88 Å². The minimum atomic E-state index is -0.382. The van der Waals surface area contributed by atoms with Crippen LogP contribution in [0.3, 0.4) is 0 Å². The third-order valence-electron chi connectivity index (χ3n) is 5.66. The zero-order chi connectivity index (χ0) is 20.0. The van der Waals surface area contributed by atoms with E-state index in [1.54, 1.807) is 0 Å². The fourth-order valence-corrected chi connectivity index (χ4v) is 4.28. The Morgan fingerprint density at radius 3 is 2.69 bits per heavy atom. The minimum absolute atomic E-state index is 0.0633. The number of fused-ring (bicyclic) bond motifs is 3. The Morgan fingerprint density at radius 2 is 1.86 bits per heavy atom. The van der Waals surface area contributed by atoms with E-state index in [1.807, 2.05) is 42.5 Å². The van der Waals surface area contributed by atoms with Crippen molar-refractivity contribution in [2.24, 2.45) is 0 Å². The summed E-state index contributed by atoms with van der Waals surface area (Å²) in [5.74, 6) is -0.0633. The van der Waals surface area contributed by atoms with E-state index >= 15 is 0 Å². The number of carbonyl (C=O) groups is 1. The lowest BCUT2D eigenvalue weighted by Crippen LogP contribution is -2.46. The third-order valence-corrected chi connectivity index (χ3v) is 5.66. The number of aromatic amines is 1. The van der Waals surface area contributed by atoms with Crippen LogP contribution < -0.4 is 10.6 Å². The van der Waals surface area contributed by atoms with Gasteiger partial charge in [-0.15, -0.1) is 0 Å². The van der Waals surface area contributed by atoms with E-state index in [9.17, 15) is 9.90 Å². The van der Waals surface area contributed by atoms with Gasteiger partial charge in [0, 0.05) is 28.8 Å². The number of nitrogens with one attached hydrogen (secondary N) is 3. The smallest absolute Gasteiger partial charge is 0.328 e. The number of carbonyl (C=O) groups excluding carboxylic acids is 1. The van der Waals surface area contributed by atoms with E-state index in [-0.39, 0.29) is 24.5 Å². The Bertz CT molecular complexity index is 1150. The summed E-state index contributed by atoms with van der Waals surface area (Å²) in [5, 5.41) is 18.6. The molecule has 1 atom stereocenters. The molecule has 0 fully saturated rings. The molecule has 3 aromatic rings. The van der Waals surface area contributed by atoms with Crippen molar-refractivity contribution in [3.05, 3.63) is 95.2 Å². The molecular weight excluding hydrogens is 364 g/mol. The quantitative estimate of drug-likeness (QED) is 0.552. The molecule has 6 nitrogen and oxygen atoms in total. The van der Waals surface area contributed by atoms with Gasteiger partial charge >= 0.3 is 6.03 Å². The lowest BCUT2D eigenvalue weighted by Gasteiger charge is -2.35. The second kappa shape index (κ2) is 6.83. The molecule has 1 unspecified atom stereocenters. The summed E-state index contributed by atoms with van der Waals surface area (Å²) in [6.07, 6.45) is 0.899. The number of rotatable bonds is 3. The van der Waals surface area contributed by atoms with Gasteiger partial charge in [-0.3, -0.25) is 4.90 Å². The van der Waals surface area contributed by atoms with Gasteiger partial charge in [-0.2, -0.15) is 0 Å². The van der Waals surface area contributed by atoms with Gasteiger partial charge in [0.05, 0.1) is 18.2 Å². The normalized spacial score (nSPS) is 19.4. The molecule has 2 aliphatic heterocycles. The number of urea groups is 1. The van der Waals surface area contributed by atoms with Gasteiger partial charge in [0.15, 0.2) is 0 Å². The first-order valence-corrected chi connectivity index (χ1v) is 9.71. The van der Waals surface area contributed by atoms with E-state index in [2.05, 4.69) is 34.3 Å². The predicted molar refractivity (Wildman–Crippen MR) is 112 cm³/mol. The van der Waals surface area contributed by atoms with Crippen molar-refractivity contribution in [2.75, 3.05) is 6.54 Å². The molecule has 1 aromatic heterocycles. The van der Waals surface area contributed by atoms with E-state index in [4.69, 9.17) is 0 Å². The second-order valence-electron chi connectivity index (χ2n) is 7.42. The Balaban J connectivity index is 1.59. The average Bonchev–Trinajstić information content (AvgIpc) is 3.11. The van der Waals surface area contributed by atoms with Crippen molar-refractivity contribution < 1.29 is 9.90 Å². The van der Waals surface area contributed by atoms with E-state index in [0.29, 0.717) is 11.3 Å². The van der Waals surface area contributed by atoms with Crippen molar-refractivity contribution in [3.63, 3.8) is 0 Å². The van der Waals surface area contributed by atoms with Crippen LogP contribution in [0.25, 0.3) is 10.9 Å². The second-order valence-corrected chi connectivity index (χ2v) is 7.42. The van der Waals surface area contributed by atoms with E-state index in [0.717, 1.165) is 29.7 Å². The standard InChI is InChI=1S/C23H22N4O2/c1-14-19(22(28)27(23(29)25-14)13-15-7-3-2-4-8-15)21-20-17(11-12-24-21)16-9-5-6-10-18(16)26-20/h2-10,21,24,26,28H,1,11-13H2,(H,25,29). The SMILES string of the molecule is C=C1NC(=O)N(Cc2ccccc2)C(O)=C1C1NCCc2c1[nH]c1ccccc21. The van der Waals surface area contributed by atoms with E-state index < -0.39 is 0 Å². The number of para-hydroxylation sites is 1. The highest BCUT2D eigenvalue weighted by Gasteiger charge is 2.36. The first kappa shape index (κ1) is 17.6. The van der Waals surface area contributed by atoms with Crippen LogP contribution >= 0.6 is 0 Å². The highest BCUT2D eigenvalue weighted by molar-refractivity contribution is 5.86. The molecule has 4 N–H and O–H groups in total. The third kappa shape index (κ3) is 2.89. The van der Waals surface area contributed by atoms with Crippen molar-refractivity contribution in [2.45, 2.75) is 19.0 Å². The molecular formula is C23H22N4O2. The zero-order valence-corrected chi connectivity index (χ0v) is 15.9. The number of benzene rings is 2. The fourth-order valence-electron chi connectivity index (χ4n) is 4.28. The number of aliphatic hydroxyl groups excluding tert-OH is 1. The summed E-state index contributed by atoms with van der Waals surface area (Å²) in [6.45, 7) is 5.06. The summed E-state index contributed by atoms with van der Waals surface area (Å²) in [4.78, 5) is 17.4. The van der Waals surface area contributed by atoms with Crippen LogP contribution in [0.4, 0.5) is 4.79 Å². The molecule has 0 aliphatic carbocycles. The van der Waals surface area contributed by atoms with Gasteiger partial charge in [0.25, 0.3) is 0 Å². The molecule has 2 aromatic carbocycles. The maximum absolute atomic E-state index is 12.6. The van der Waals surface area contributed by atoms with Crippen LogP contribution in [-0.4, -0.2) is 27.6 Å². The molecule has 2 amide bonds. The van der Waals surface area contributed by atoms with Gasteiger partial charge in [-0.1, -0.05) is 55.1 Å². The van der Waals surface area contributed by atoms with Gasteiger partial charge in [0.1, 0.15) is 0 Å². The maximum atomic E-state index is 12.6. The number of hydrogen-bond acceptors (Lipinski definition) is 3. The highest BCUT2D eigenvalue weighted by Crippen LogP contribution is 2.38. The summed E-state index contributed by atoms with van der Waals surface area (Å²) < 4.78 is 0. The number of aliphatic hydroxyl groups is 1. The Morgan fingerprint density at radius 1 is 1.10 bits per heavy atom. The van der Waals surface area contributed by atoms with Crippen molar-refractivity contribution in [1.82, 2.24) is 20.5 Å². The lowest BCUT2D eigenvalue weighted by atomic mass is 9.92. The molecule has 3 heterocycles. The predicted octanol–water partition coefficient (Wildman–Crippen LogP) is 3.86. The van der Waals surface area contributed by atoms with Gasteiger partial charge in [-0.25, -0.2) is 4.79 Å². The Kier molecular flexibility index (Phi) is 4.14. The van der Waals surface area contributed by atoms with Gasteiger partial charge in [-0.05, 0) is 23.6 Å². The van der Waals surface area contributed by atoms with Crippen LogP contribution in [0.2, 0.25) is 0 Å². The lowest BCUT2D eigenvalue weighted by molar-refractivity contribution is 0.168. The molecule has 0 saturated carbocycles. The van der Waals surface area contributed by atoms with Crippen molar-refractivity contribution in [3.8, 4) is 0 Å². The molecule has 5 rings (SSSR count). The maximum Gasteiger partial charge on any atom is 0.328 e. The molecule has 0 bridgehead atoms. The van der Waals surface area contributed by atoms with E-state index in [1.165, 1.54) is 15.8 Å². The van der Waals surface area contributed by atoms with Gasteiger partial charge < -0.3 is 20.7 Å². The number of aromatic nitrogens is 1. The molecule has 146 valence electrons. The molecule has 29 heavy (non-hydrogen) atoms. The zero-order valence-electron chi connectivity index (χ0n) is 15.9. The van der Waals surface area contributed by atoms with Crippen LogP contribution in [0.1, 0.15) is 22.9 Å². The van der Waals surface area contributed by atoms with Crippen molar-refractivity contribution in [1.29, 1.82) is 0 Å². The van der Waals surface area contributed by atoms with Crippen LogP contribution in [0.15, 0.2) is 78.3 Å². The number of nitrogens with zero attached hydrogens (tertiary/aromatic N) is 1. The Hall–Kier alpha value is -3.51. The average molecular weight is 386 g/mol. The van der Waals surface area contributed by atoms with Crippen LogP contribution in [-0.2, 0) is 13.0 Å². The number of H-pyrrole nitrogens is 1. The molecule has 0 spiro atoms.